The van der Waals surface area contributed by atoms with Crippen LogP contribution in [0.25, 0.3) is 5.65 Å². The zero-order valence-corrected chi connectivity index (χ0v) is 15.7. The molecule has 0 fully saturated rings. The lowest BCUT2D eigenvalue weighted by atomic mass is 9.97. The molecule has 0 aliphatic heterocycles. The summed E-state index contributed by atoms with van der Waals surface area (Å²) in [6.07, 6.45) is 3.40. The number of carbonyl (C=O) groups excluding carboxylic acids is 2. The van der Waals surface area contributed by atoms with Crippen LogP contribution in [0.15, 0.2) is 54.9 Å². The number of amides is 1. The lowest BCUT2D eigenvalue weighted by Gasteiger charge is -2.18. The number of carbonyl (C=O) groups is 2. The predicted octanol–water partition coefficient (Wildman–Crippen LogP) is 4.03. The molecule has 6 nitrogen and oxygen atoms in total. The number of hydrogen-bond donors (Lipinski definition) is 1. The van der Waals surface area contributed by atoms with Crippen LogP contribution in [0, 0.1) is 0 Å². The number of benzene rings is 1. The molecule has 3 aromatic rings. The van der Waals surface area contributed by atoms with Gasteiger partial charge in [-0.15, -0.1) is 0 Å². The molecule has 27 heavy (non-hydrogen) atoms. The van der Waals surface area contributed by atoms with Gasteiger partial charge in [0.1, 0.15) is 5.65 Å². The molecule has 0 saturated heterocycles. The maximum absolute atomic E-state index is 12.5. The first kappa shape index (κ1) is 18.6. The Morgan fingerprint density at radius 3 is 2.63 bits per heavy atom. The number of nitrogens with zero attached hydrogens (tertiary/aromatic N) is 2. The predicted molar refractivity (Wildman–Crippen MR) is 104 cm³/mol. The Balaban J connectivity index is 1.68. The second kappa shape index (κ2) is 8.03. The fourth-order valence-corrected chi connectivity index (χ4v) is 2.80. The normalized spacial score (nSPS) is 13.1. The van der Waals surface area contributed by atoms with Crippen LogP contribution in [-0.4, -0.2) is 27.4 Å². The number of imidazole rings is 1. The summed E-state index contributed by atoms with van der Waals surface area (Å²) in [7, 11) is 0. The van der Waals surface area contributed by atoms with E-state index in [1.807, 2.05) is 36.4 Å². The first-order chi connectivity index (χ1) is 13.0. The summed E-state index contributed by atoms with van der Waals surface area (Å²) in [5.41, 5.74) is 2.62. The molecule has 0 bridgehead atoms. The van der Waals surface area contributed by atoms with Crippen LogP contribution < -0.4 is 5.32 Å². The SMILES string of the molecule is CC[C@H](C)c1ccccc1NC(=O)[C@H](C)OC(=O)c1cn2ccccc2n1. The van der Waals surface area contributed by atoms with Gasteiger partial charge in [-0.25, -0.2) is 9.78 Å². The van der Waals surface area contributed by atoms with Crippen molar-refractivity contribution in [3.63, 3.8) is 0 Å². The minimum Gasteiger partial charge on any atom is -0.448 e. The van der Waals surface area contributed by atoms with Gasteiger partial charge >= 0.3 is 5.97 Å². The maximum Gasteiger partial charge on any atom is 0.359 e. The van der Waals surface area contributed by atoms with Gasteiger partial charge in [0.15, 0.2) is 11.8 Å². The van der Waals surface area contributed by atoms with Crippen LogP contribution >= 0.6 is 0 Å². The molecule has 2 atom stereocenters. The van der Waals surface area contributed by atoms with Gasteiger partial charge in [-0.1, -0.05) is 38.1 Å². The van der Waals surface area contributed by atoms with E-state index in [-0.39, 0.29) is 11.6 Å². The van der Waals surface area contributed by atoms with Gasteiger partial charge in [0, 0.05) is 18.1 Å². The highest BCUT2D eigenvalue weighted by molar-refractivity contribution is 5.97. The third kappa shape index (κ3) is 4.16. The van der Waals surface area contributed by atoms with Gasteiger partial charge in [0.25, 0.3) is 5.91 Å². The number of rotatable bonds is 6. The van der Waals surface area contributed by atoms with E-state index >= 15 is 0 Å². The van der Waals surface area contributed by atoms with Crippen molar-refractivity contribution in [3.05, 3.63) is 66.1 Å². The summed E-state index contributed by atoms with van der Waals surface area (Å²) < 4.78 is 7.03. The lowest BCUT2D eigenvalue weighted by molar-refractivity contribution is -0.123. The van der Waals surface area contributed by atoms with Crippen molar-refractivity contribution in [2.24, 2.45) is 0 Å². The van der Waals surface area contributed by atoms with E-state index in [9.17, 15) is 9.59 Å². The molecule has 0 aliphatic carbocycles. The summed E-state index contributed by atoms with van der Waals surface area (Å²) in [5, 5.41) is 2.87. The molecule has 0 aliphatic rings. The molecule has 0 radical (unpaired) electrons. The minimum atomic E-state index is -0.938. The van der Waals surface area contributed by atoms with E-state index in [1.54, 1.807) is 29.8 Å². The molecule has 6 heteroatoms. The Hall–Kier alpha value is -3.15. The molecule has 0 unspecified atom stereocenters. The Morgan fingerprint density at radius 1 is 1.15 bits per heavy atom. The Bertz CT molecular complexity index is 931. The van der Waals surface area contributed by atoms with E-state index < -0.39 is 12.1 Å². The van der Waals surface area contributed by atoms with Crippen molar-refractivity contribution < 1.29 is 14.3 Å². The topological polar surface area (TPSA) is 72.7 Å². The number of esters is 1. The number of ether oxygens (including phenoxy) is 1. The maximum atomic E-state index is 12.5. The average Bonchev–Trinajstić information content (AvgIpc) is 3.12. The van der Waals surface area contributed by atoms with Crippen LogP contribution in [0.4, 0.5) is 5.69 Å². The van der Waals surface area contributed by atoms with E-state index in [4.69, 9.17) is 4.74 Å². The van der Waals surface area contributed by atoms with Gasteiger partial charge in [0.2, 0.25) is 0 Å². The largest absolute Gasteiger partial charge is 0.448 e. The third-order valence-corrected chi connectivity index (χ3v) is 4.59. The molecular weight excluding hydrogens is 342 g/mol. The first-order valence-corrected chi connectivity index (χ1v) is 9.04. The quantitative estimate of drug-likeness (QED) is 0.669. The Labute approximate surface area is 158 Å². The Kier molecular flexibility index (Phi) is 5.54. The molecular formula is C21H23N3O3. The van der Waals surface area contributed by atoms with Crippen molar-refractivity contribution in [2.75, 3.05) is 5.32 Å². The summed E-state index contributed by atoms with van der Waals surface area (Å²) >= 11 is 0. The van der Waals surface area contributed by atoms with Crippen LogP contribution in [-0.2, 0) is 9.53 Å². The highest BCUT2D eigenvalue weighted by Gasteiger charge is 2.22. The molecule has 140 valence electrons. The van der Waals surface area contributed by atoms with Gasteiger partial charge in [-0.3, -0.25) is 4.79 Å². The van der Waals surface area contributed by atoms with E-state index in [0.29, 0.717) is 11.6 Å². The number of anilines is 1. The molecule has 2 aromatic heterocycles. The molecule has 1 N–H and O–H groups in total. The fourth-order valence-electron chi connectivity index (χ4n) is 2.80. The molecule has 0 saturated carbocycles. The van der Waals surface area contributed by atoms with Crippen molar-refractivity contribution in [1.82, 2.24) is 9.38 Å². The molecule has 1 amide bonds. The zero-order valence-electron chi connectivity index (χ0n) is 15.7. The number of hydrogen-bond acceptors (Lipinski definition) is 4. The van der Waals surface area contributed by atoms with Crippen LogP contribution in [0.3, 0.4) is 0 Å². The molecule has 1 aromatic carbocycles. The van der Waals surface area contributed by atoms with E-state index in [0.717, 1.165) is 17.7 Å². The van der Waals surface area contributed by atoms with Gasteiger partial charge in [0.05, 0.1) is 0 Å². The lowest BCUT2D eigenvalue weighted by Crippen LogP contribution is -2.30. The van der Waals surface area contributed by atoms with Gasteiger partial charge in [-0.2, -0.15) is 0 Å². The number of para-hydroxylation sites is 1. The van der Waals surface area contributed by atoms with Crippen LogP contribution in [0.1, 0.15) is 49.2 Å². The fraction of sp³-hybridized carbons (Fsp3) is 0.286. The van der Waals surface area contributed by atoms with Crippen molar-refractivity contribution >= 4 is 23.2 Å². The molecule has 0 spiro atoms. The van der Waals surface area contributed by atoms with Crippen molar-refractivity contribution in [1.29, 1.82) is 0 Å². The average molecular weight is 365 g/mol. The number of aromatic nitrogens is 2. The summed E-state index contributed by atoms with van der Waals surface area (Å²) in [6.45, 7) is 5.76. The van der Waals surface area contributed by atoms with Crippen molar-refractivity contribution in [2.45, 2.75) is 39.2 Å². The van der Waals surface area contributed by atoms with Crippen LogP contribution in [0.5, 0.6) is 0 Å². The first-order valence-electron chi connectivity index (χ1n) is 9.04. The van der Waals surface area contributed by atoms with Crippen LogP contribution in [0.2, 0.25) is 0 Å². The van der Waals surface area contributed by atoms with Gasteiger partial charge < -0.3 is 14.5 Å². The summed E-state index contributed by atoms with van der Waals surface area (Å²) in [6, 6.07) is 13.1. The zero-order chi connectivity index (χ0) is 19.4. The second-order valence-corrected chi connectivity index (χ2v) is 6.53. The summed E-state index contributed by atoms with van der Waals surface area (Å²) in [4.78, 5) is 29.0. The van der Waals surface area contributed by atoms with Gasteiger partial charge in [-0.05, 0) is 43.0 Å². The monoisotopic (exact) mass is 365 g/mol. The minimum absolute atomic E-state index is 0.167. The highest BCUT2D eigenvalue weighted by atomic mass is 16.5. The second-order valence-electron chi connectivity index (χ2n) is 6.53. The van der Waals surface area contributed by atoms with E-state index in [2.05, 4.69) is 24.1 Å². The van der Waals surface area contributed by atoms with Crippen molar-refractivity contribution in [3.8, 4) is 0 Å². The third-order valence-electron chi connectivity index (χ3n) is 4.59. The number of pyridine rings is 1. The smallest absolute Gasteiger partial charge is 0.359 e. The standard InChI is InChI=1S/C21H23N3O3/c1-4-14(2)16-9-5-6-10-17(16)23-20(25)15(3)27-21(26)18-13-24-12-8-7-11-19(24)22-18/h5-15H,4H2,1-3H3,(H,23,25)/t14-,15-/m0/s1. The highest BCUT2D eigenvalue weighted by Crippen LogP contribution is 2.26. The Morgan fingerprint density at radius 2 is 1.89 bits per heavy atom. The number of nitrogens with one attached hydrogen (secondary N) is 1. The number of fused-ring (bicyclic) bond motifs is 1. The summed E-state index contributed by atoms with van der Waals surface area (Å²) in [5.74, 6) is -0.684. The molecule has 2 heterocycles. The molecule has 3 rings (SSSR count). The van der Waals surface area contributed by atoms with E-state index in [1.165, 1.54) is 0 Å².